The van der Waals surface area contributed by atoms with Crippen LogP contribution >= 0.6 is 0 Å². The van der Waals surface area contributed by atoms with Gasteiger partial charge in [0, 0.05) is 32.4 Å². The maximum Gasteiger partial charge on any atom is 0.253 e. The molecule has 2 aromatic rings. The standard InChI is InChI=1S/C17H25N5O3/c1-11(2)15(16-19-12(3)21-22-16)20-17(23)13-6-7-14(18-10-13)25-9-5-8-24-4/h6-7,10-11,15H,5,8-9H2,1-4H3,(H,20,23)(H,19,21,22)/t15-/m1/s1. The predicted molar refractivity (Wildman–Crippen MR) is 92.4 cm³/mol. The smallest absolute Gasteiger partial charge is 0.253 e. The molecular formula is C17H25N5O3. The van der Waals surface area contributed by atoms with E-state index in [1.807, 2.05) is 20.8 Å². The Balaban J connectivity index is 1.97. The second-order valence-corrected chi connectivity index (χ2v) is 6.05. The summed E-state index contributed by atoms with van der Waals surface area (Å²) in [4.78, 5) is 21.0. The zero-order valence-electron chi connectivity index (χ0n) is 15.1. The third kappa shape index (κ3) is 5.53. The number of aromatic amines is 1. The summed E-state index contributed by atoms with van der Waals surface area (Å²) in [6.07, 6.45) is 2.29. The summed E-state index contributed by atoms with van der Waals surface area (Å²) in [7, 11) is 1.65. The van der Waals surface area contributed by atoms with E-state index in [0.29, 0.717) is 36.3 Å². The lowest BCUT2D eigenvalue weighted by molar-refractivity contribution is 0.0922. The maximum atomic E-state index is 12.5. The molecule has 0 spiro atoms. The lowest BCUT2D eigenvalue weighted by Crippen LogP contribution is -2.32. The molecule has 2 rings (SSSR count). The topological polar surface area (TPSA) is 102 Å². The number of methoxy groups -OCH3 is 1. The van der Waals surface area contributed by atoms with E-state index < -0.39 is 0 Å². The minimum Gasteiger partial charge on any atom is -0.478 e. The van der Waals surface area contributed by atoms with Crippen molar-refractivity contribution in [2.45, 2.75) is 33.2 Å². The zero-order chi connectivity index (χ0) is 18.2. The summed E-state index contributed by atoms with van der Waals surface area (Å²) in [6.45, 7) is 6.99. The Morgan fingerprint density at radius 1 is 1.32 bits per heavy atom. The fourth-order valence-electron chi connectivity index (χ4n) is 2.23. The Morgan fingerprint density at radius 3 is 2.68 bits per heavy atom. The van der Waals surface area contributed by atoms with Crippen LogP contribution in [0.15, 0.2) is 18.3 Å². The van der Waals surface area contributed by atoms with Crippen molar-refractivity contribution in [1.82, 2.24) is 25.5 Å². The molecular weight excluding hydrogens is 322 g/mol. The van der Waals surface area contributed by atoms with Gasteiger partial charge in [-0.2, -0.15) is 5.10 Å². The molecule has 0 saturated carbocycles. The lowest BCUT2D eigenvalue weighted by atomic mass is 10.0. The predicted octanol–water partition coefficient (Wildman–Crippen LogP) is 2.05. The molecule has 25 heavy (non-hydrogen) atoms. The Bertz CT molecular complexity index is 669. The molecule has 0 fully saturated rings. The first kappa shape index (κ1) is 18.9. The van der Waals surface area contributed by atoms with E-state index in [1.54, 1.807) is 19.2 Å². The van der Waals surface area contributed by atoms with E-state index >= 15 is 0 Å². The zero-order valence-corrected chi connectivity index (χ0v) is 15.1. The van der Waals surface area contributed by atoms with E-state index in [-0.39, 0.29) is 17.9 Å². The normalized spacial score (nSPS) is 12.2. The summed E-state index contributed by atoms with van der Waals surface area (Å²) < 4.78 is 10.4. The molecule has 0 aliphatic carbocycles. The van der Waals surface area contributed by atoms with Crippen molar-refractivity contribution >= 4 is 5.91 Å². The highest BCUT2D eigenvalue weighted by Gasteiger charge is 2.23. The van der Waals surface area contributed by atoms with Gasteiger partial charge in [0.25, 0.3) is 5.91 Å². The summed E-state index contributed by atoms with van der Waals surface area (Å²) in [5.41, 5.74) is 0.460. The van der Waals surface area contributed by atoms with Crippen LogP contribution < -0.4 is 10.1 Å². The van der Waals surface area contributed by atoms with Crippen LogP contribution in [0.2, 0.25) is 0 Å². The van der Waals surface area contributed by atoms with Gasteiger partial charge < -0.3 is 14.8 Å². The van der Waals surface area contributed by atoms with Crippen molar-refractivity contribution in [2.75, 3.05) is 20.3 Å². The first-order valence-corrected chi connectivity index (χ1v) is 8.28. The van der Waals surface area contributed by atoms with Gasteiger partial charge in [-0.1, -0.05) is 13.8 Å². The van der Waals surface area contributed by atoms with E-state index in [2.05, 4.69) is 25.5 Å². The van der Waals surface area contributed by atoms with Gasteiger partial charge in [-0.3, -0.25) is 9.89 Å². The molecule has 8 heteroatoms. The second-order valence-electron chi connectivity index (χ2n) is 6.05. The first-order valence-electron chi connectivity index (χ1n) is 8.28. The number of hydrogen-bond donors (Lipinski definition) is 2. The van der Waals surface area contributed by atoms with Crippen molar-refractivity contribution in [2.24, 2.45) is 5.92 Å². The Labute approximate surface area is 147 Å². The number of nitrogens with zero attached hydrogens (tertiary/aromatic N) is 3. The van der Waals surface area contributed by atoms with Crippen molar-refractivity contribution in [3.63, 3.8) is 0 Å². The number of aromatic nitrogens is 4. The third-order valence-corrected chi connectivity index (χ3v) is 3.59. The Hall–Kier alpha value is -2.48. The van der Waals surface area contributed by atoms with Gasteiger partial charge >= 0.3 is 0 Å². The van der Waals surface area contributed by atoms with Crippen LogP contribution in [-0.2, 0) is 4.74 Å². The minimum absolute atomic E-state index is 0.149. The van der Waals surface area contributed by atoms with Crippen molar-refractivity contribution < 1.29 is 14.3 Å². The lowest BCUT2D eigenvalue weighted by Gasteiger charge is -2.19. The Morgan fingerprint density at radius 2 is 2.12 bits per heavy atom. The summed E-state index contributed by atoms with van der Waals surface area (Å²) in [6, 6.07) is 3.10. The average Bonchev–Trinajstić information content (AvgIpc) is 3.02. The van der Waals surface area contributed by atoms with E-state index in [4.69, 9.17) is 9.47 Å². The summed E-state index contributed by atoms with van der Waals surface area (Å²) in [5.74, 6) is 1.70. The molecule has 2 aromatic heterocycles. The number of carbonyl (C=O) groups is 1. The van der Waals surface area contributed by atoms with Gasteiger partial charge in [-0.15, -0.1) is 0 Å². The fraction of sp³-hybridized carbons (Fsp3) is 0.529. The molecule has 0 bridgehead atoms. The van der Waals surface area contributed by atoms with Crippen LogP contribution in [-0.4, -0.2) is 46.4 Å². The molecule has 0 aromatic carbocycles. The van der Waals surface area contributed by atoms with Gasteiger partial charge in [-0.25, -0.2) is 9.97 Å². The van der Waals surface area contributed by atoms with Gasteiger partial charge in [0.05, 0.1) is 18.2 Å². The van der Waals surface area contributed by atoms with E-state index in [1.165, 1.54) is 6.20 Å². The summed E-state index contributed by atoms with van der Waals surface area (Å²) >= 11 is 0. The third-order valence-electron chi connectivity index (χ3n) is 3.59. The van der Waals surface area contributed by atoms with Crippen LogP contribution in [0.1, 0.15) is 48.3 Å². The van der Waals surface area contributed by atoms with Gasteiger partial charge in [0.2, 0.25) is 5.88 Å². The number of carbonyl (C=O) groups excluding carboxylic acids is 1. The fourth-order valence-corrected chi connectivity index (χ4v) is 2.23. The molecule has 0 aliphatic heterocycles. The number of hydrogen-bond acceptors (Lipinski definition) is 6. The molecule has 2 N–H and O–H groups in total. The first-order chi connectivity index (χ1) is 12.0. The van der Waals surface area contributed by atoms with Crippen LogP contribution in [0.3, 0.4) is 0 Å². The molecule has 0 aliphatic rings. The van der Waals surface area contributed by atoms with Crippen LogP contribution in [0, 0.1) is 12.8 Å². The van der Waals surface area contributed by atoms with E-state index in [9.17, 15) is 4.79 Å². The van der Waals surface area contributed by atoms with Crippen LogP contribution in [0.5, 0.6) is 5.88 Å². The van der Waals surface area contributed by atoms with Crippen molar-refractivity contribution in [3.05, 3.63) is 35.5 Å². The highest BCUT2D eigenvalue weighted by atomic mass is 16.5. The van der Waals surface area contributed by atoms with Crippen LogP contribution in [0.25, 0.3) is 0 Å². The largest absolute Gasteiger partial charge is 0.478 e. The Kier molecular flexibility index (Phi) is 6.88. The molecule has 0 unspecified atom stereocenters. The minimum atomic E-state index is -0.276. The SMILES string of the molecule is COCCCOc1ccc(C(=O)N[C@@H](c2n[nH]c(C)n2)C(C)C)cn1. The molecule has 8 nitrogen and oxygen atoms in total. The maximum absolute atomic E-state index is 12.5. The molecule has 2 heterocycles. The molecule has 136 valence electrons. The molecule has 1 atom stereocenters. The highest BCUT2D eigenvalue weighted by Crippen LogP contribution is 2.19. The number of ether oxygens (including phenoxy) is 2. The average molecular weight is 347 g/mol. The van der Waals surface area contributed by atoms with E-state index in [0.717, 1.165) is 6.42 Å². The highest BCUT2D eigenvalue weighted by molar-refractivity contribution is 5.94. The number of nitrogens with one attached hydrogen (secondary N) is 2. The quantitative estimate of drug-likeness (QED) is 0.673. The van der Waals surface area contributed by atoms with Gasteiger partial charge in [0.15, 0.2) is 5.82 Å². The van der Waals surface area contributed by atoms with Gasteiger partial charge in [-0.05, 0) is 18.9 Å². The number of aryl methyl sites for hydroxylation is 1. The number of amides is 1. The number of H-pyrrole nitrogens is 1. The number of rotatable bonds is 9. The van der Waals surface area contributed by atoms with Crippen molar-refractivity contribution in [1.29, 1.82) is 0 Å². The second kappa shape index (κ2) is 9.12. The summed E-state index contributed by atoms with van der Waals surface area (Å²) in [5, 5.41) is 9.91. The van der Waals surface area contributed by atoms with Crippen LogP contribution in [0.4, 0.5) is 0 Å². The van der Waals surface area contributed by atoms with Gasteiger partial charge in [0.1, 0.15) is 5.82 Å². The monoisotopic (exact) mass is 347 g/mol. The number of pyridine rings is 1. The molecule has 0 saturated heterocycles. The molecule has 0 radical (unpaired) electrons. The molecule has 1 amide bonds. The van der Waals surface area contributed by atoms with Crippen molar-refractivity contribution in [3.8, 4) is 5.88 Å².